The molecule has 11 heavy (non-hydrogen) atoms. The number of hydrogen-bond acceptors (Lipinski definition) is 2. The molecule has 2 amide bonds. The topological polar surface area (TPSA) is 62.0 Å². The van der Waals surface area contributed by atoms with Crippen molar-refractivity contribution in [3.05, 3.63) is 23.5 Å². The number of aromatic nitrogens is 1. The maximum absolute atomic E-state index is 11.0. The Hall–Kier alpha value is -1.58. The Morgan fingerprint density at radius 3 is 3.00 bits per heavy atom. The summed E-state index contributed by atoms with van der Waals surface area (Å²) in [5.74, 6) is -0.566. The minimum Gasteiger partial charge on any atom is -0.357 e. The average molecular weight is 150 g/mol. The first-order valence-electron chi connectivity index (χ1n) is 3.28. The summed E-state index contributed by atoms with van der Waals surface area (Å²) in [7, 11) is 0. The molecule has 1 aliphatic rings. The lowest BCUT2D eigenvalue weighted by Gasteiger charge is -2.09. The summed E-state index contributed by atoms with van der Waals surface area (Å²) >= 11 is 0. The fraction of sp³-hybridized carbons (Fsp3) is 0.143. The van der Waals surface area contributed by atoms with E-state index in [1.54, 1.807) is 12.3 Å². The summed E-state index contributed by atoms with van der Waals surface area (Å²) < 4.78 is 0. The summed E-state index contributed by atoms with van der Waals surface area (Å²) in [6.45, 7) is 0. The molecule has 0 aliphatic carbocycles. The molecule has 1 aromatic heterocycles. The molecule has 1 aliphatic heterocycles. The number of H-pyrrole nitrogens is 1. The van der Waals surface area contributed by atoms with Gasteiger partial charge in [-0.2, -0.15) is 0 Å². The van der Waals surface area contributed by atoms with Crippen LogP contribution in [0.1, 0.15) is 16.1 Å². The van der Waals surface area contributed by atoms with Crippen LogP contribution in [-0.4, -0.2) is 16.8 Å². The predicted octanol–water partition coefficient (Wildman–Crippen LogP) is -0.173. The fourth-order valence-corrected chi connectivity index (χ4v) is 1.17. The molecule has 0 bridgehead atoms. The number of nitrogens with one attached hydrogen (secondary N) is 2. The number of aromatic amines is 1. The Labute approximate surface area is 62.6 Å². The van der Waals surface area contributed by atoms with E-state index in [-0.39, 0.29) is 11.8 Å². The lowest BCUT2D eigenvalue weighted by atomic mass is 10.1. The zero-order chi connectivity index (χ0) is 7.84. The van der Waals surface area contributed by atoms with Gasteiger partial charge in [0.05, 0.1) is 6.42 Å². The van der Waals surface area contributed by atoms with Gasteiger partial charge in [0.25, 0.3) is 5.91 Å². The molecular formula is C7H6N2O2. The molecule has 4 heteroatoms. The van der Waals surface area contributed by atoms with Crippen LogP contribution >= 0.6 is 0 Å². The minimum absolute atomic E-state index is 0.234. The van der Waals surface area contributed by atoms with Crippen LogP contribution in [0, 0.1) is 0 Å². The molecule has 4 nitrogen and oxygen atoms in total. The Morgan fingerprint density at radius 2 is 2.18 bits per heavy atom. The SMILES string of the molecule is O=C1Cc2cc[nH]c2C(=O)N1. The second-order valence-corrected chi connectivity index (χ2v) is 2.43. The van der Waals surface area contributed by atoms with Gasteiger partial charge in [-0.3, -0.25) is 14.9 Å². The van der Waals surface area contributed by atoms with Crippen molar-refractivity contribution in [2.75, 3.05) is 0 Å². The van der Waals surface area contributed by atoms with Crippen LogP contribution in [0.15, 0.2) is 12.3 Å². The summed E-state index contributed by atoms with van der Waals surface area (Å²) in [4.78, 5) is 24.5. The van der Waals surface area contributed by atoms with Crippen LogP contribution in [0.5, 0.6) is 0 Å². The van der Waals surface area contributed by atoms with Crippen molar-refractivity contribution in [3.8, 4) is 0 Å². The van der Waals surface area contributed by atoms with Crippen LogP contribution in [0.4, 0.5) is 0 Å². The second kappa shape index (κ2) is 1.95. The molecule has 2 rings (SSSR count). The second-order valence-electron chi connectivity index (χ2n) is 2.43. The van der Waals surface area contributed by atoms with E-state index < -0.39 is 0 Å². The Balaban J connectivity index is 2.52. The van der Waals surface area contributed by atoms with Crippen molar-refractivity contribution < 1.29 is 9.59 Å². The molecule has 56 valence electrons. The van der Waals surface area contributed by atoms with Crippen molar-refractivity contribution in [1.29, 1.82) is 0 Å². The molecule has 1 aromatic rings. The highest BCUT2D eigenvalue weighted by Crippen LogP contribution is 2.11. The summed E-state index contributed by atoms with van der Waals surface area (Å²) in [6, 6.07) is 1.74. The fourth-order valence-electron chi connectivity index (χ4n) is 1.17. The smallest absolute Gasteiger partial charge is 0.274 e. The van der Waals surface area contributed by atoms with Crippen LogP contribution in [0.25, 0.3) is 0 Å². The lowest BCUT2D eigenvalue weighted by Crippen LogP contribution is -2.36. The van der Waals surface area contributed by atoms with Crippen LogP contribution in [0.3, 0.4) is 0 Å². The molecular weight excluding hydrogens is 144 g/mol. The molecule has 2 N–H and O–H groups in total. The van der Waals surface area contributed by atoms with Crippen molar-refractivity contribution in [3.63, 3.8) is 0 Å². The monoisotopic (exact) mass is 150 g/mol. The van der Waals surface area contributed by atoms with E-state index in [0.29, 0.717) is 12.1 Å². The first-order valence-corrected chi connectivity index (χ1v) is 3.28. The summed E-state index contributed by atoms with van der Waals surface area (Å²) in [6.07, 6.45) is 1.95. The third kappa shape index (κ3) is 0.832. The van der Waals surface area contributed by atoms with Crippen molar-refractivity contribution in [2.24, 2.45) is 0 Å². The van der Waals surface area contributed by atoms with Gasteiger partial charge in [-0.1, -0.05) is 0 Å². The van der Waals surface area contributed by atoms with Crippen LogP contribution in [0.2, 0.25) is 0 Å². The van der Waals surface area contributed by atoms with Gasteiger partial charge in [0.15, 0.2) is 0 Å². The van der Waals surface area contributed by atoms with Gasteiger partial charge >= 0.3 is 0 Å². The predicted molar refractivity (Wildman–Crippen MR) is 37.0 cm³/mol. The van der Waals surface area contributed by atoms with Gasteiger partial charge in [0.1, 0.15) is 5.69 Å². The normalized spacial score (nSPS) is 16.0. The summed E-state index contributed by atoms with van der Waals surface area (Å²) in [5.41, 5.74) is 1.28. The van der Waals surface area contributed by atoms with Gasteiger partial charge in [0.2, 0.25) is 5.91 Å². The van der Waals surface area contributed by atoms with E-state index in [0.717, 1.165) is 5.56 Å². The third-order valence-electron chi connectivity index (χ3n) is 1.66. The van der Waals surface area contributed by atoms with Gasteiger partial charge in [0, 0.05) is 6.20 Å². The molecule has 0 spiro atoms. The first-order chi connectivity index (χ1) is 5.27. The van der Waals surface area contributed by atoms with E-state index in [1.807, 2.05) is 0 Å². The Bertz CT molecular complexity index is 327. The van der Waals surface area contributed by atoms with Crippen molar-refractivity contribution in [2.45, 2.75) is 6.42 Å². The van der Waals surface area contributed by atoms with E-state index in [9.17, 15) is 9.59 Å². The van der Waals surface area contributed by atoms with Gasteiger partial charge < -0.3 is 4.98 Å². The molecule has 0 aromatic carbocycles. The molecule has 0 radical (unpaired) electrons. The maximum Gasteiger partial charge on any atom is 0.274 e. The zero-order valence-electron chi connectivity index (χ0n) is 5.68. The third-order valence-corrected chi connectivity index (χ3v) is 1.66. The standard InChI is InChI=1S/C7H6N2O2/c10-5-3-4-1-2-8-6(4)7(11)9-5/h1-2,8H,3H2,(H,9,10,11). The van der Waals surface area contributed by atoms with Gasteiger partial charge in [-0.05, 0) is 11.6 Å². The number of hydrogen-bond donors (Lipinski definition) is 2. The number of carbonyl (C=O) groups excluding carboxylic acids is 2. The van der Waals surface area contributed by atoms with E-state index >= 15 is 0 Å². The van der Waals surface area contributed by atoms with E-state index in [2.05, 4.69) is 10.3 Å². The van der Waals surface area contributed by atoms with Gasteiger partial charge in [-0.15, -0.1) is 0 Å². The molecule has 0 fully saturated rings. The molecule has 0 saturated heterocycles. The zero-order valence-corrected chi connectivity index (χ0v) is 5.68. The first kappa shape index (κ1) is 6.15. The van der Waals surface area contributed by atoms with E-state index in [4.69, 9.17) is 0 Å². The van der Waals surface area contributed by atoms with Crippen LogP contribution < -0.4 is 5.32 Å². The average Bonchev–Trinajstić information content (AvgIpc) is 2.34. The highest BCUT2D eigenvalue weighted by Gasteiger charge is 2.22. The number of imide groups is 1. The van der Waals surface area contributed by atoms with Gasteiger partial charge in [-0.25, -0.2) is 0 Å². The Kier molecular flexibility index (Phi) is 1.09. The minimum atomic E-state index is -0.332. The molecule has 0 atom stereocenters. The highest BCUT2D eigenvalue weighted by atomic mass is 16.2. The molecule has 2 heterocycles. The summed E-state index contributed by atoms with van der Waals surface area (Å²) in [5, 5.41) is 2.21. The largest absolute Gasteiger partial charge is 0.357 e. The molecule has 0 saturated carbocycles. The number of amides is 2. The maximum atomic E-state index is 11.0. The number of carbonyl (C=O) groups is 2. The molecule has 0 unspecified atom stereocenters. The highest BCUT2D eigenvalue weighted by molar-refractivity contribution is 6.08. The quantitative estimate of drug-likeness (QED) is 0.504. The van der Waals surface area contributed by atoms with Crippen LogP contribution in [-0.2, 0) is 11.2 Å². The Morgan fingerprint density at radius 1 is 1.36 bits per heavy atom. The number of fused-ring (bicyclic) bond motifs is 1. The lowest BCUT2D eigenvalue weighted by molar-refractivity contribution is -0.119. The number of rotatable bonds is 0. The van der Waals surface area contributed by atoms with E-state index in [1.165, 1.54) is 0 Å². The van der Waals surface area contributed by atoms with Crippen molar-refractivity contribution in [1.82, 2.24) is 10.3 Å². The van der Waals surface area contributed by atoms with Crippen molar-refractivity contribution >= 4 is 11.8 Å².